The summed E-state index contributed by atoms with van der Waals surface area (Å²) in [6, 6.07) is 14.2. The average Bonchev–Trinajstić information content (AvgIpc) is 2.66. The second-order valence-electron chi connectivity index (χ2n) is 6.71. The molecule has 0 spiro atoms. The molecule has 0 aliphatic carbocycles. The highest BCUT2D eigenvalue weighted by atomic mass is 35.5. The molecule has 1 amide bonds. The first-order valence-corrected chi connectivity index (χ1v) is 9.42. The Kier molecular flexibility index (Phi) is 6.05. The first-order valence-electron chi connectivity index (χ1n) is 8.67. The molecule has 3 rings (SSSR count). The molecule has 0 saturated carbocycles. The molecule has 2 aromatic rings. The zero-order valence-electron chi connectivity index (χ0n) is 14.6. The van der Waals surface area contributed by atoms with Gasteiger partial charge in [-0.25, -0.2) is 0 Å². The molecular weight excluding hydrogens is 387 g/mol. The number of nitrogens with one attached hydrogen (secondary N) is 1. The van der Waals surface area contributed by atoms with Gasteiger partial charge in [-0.2, -0.15) is 0 Å². The third kappa shape index (κ3) is 4.43. The number of carbonyl (C=O) groups excluding carboxylic acids is 1. The van der Waals surface area contributed by atoms with Crippen LogP contribution in [0.25, 0.3) is 0 Å². The van der Waals surface area contributed by atoms with E-state index in [1.54, 1.807) is 18.2 Å². The molecule has 5 nitrogen and oxygen atoms in total. The molecule has 1 aliphatic rings. The number of benzene rings is 2. The van der Waals surface area contributed by atoms with Gasteiger partial charge in [-0.05, 0) is 36.6 Å². The zero-order valence-corrected chi connectivity index (χ0v) is 16.1. The molecule has 2 N–H and O–H groups in total. The predicted octanol–water partition coefficient (Wildman–Crippen LogP) is 4.05. The summed E-state index contributed by atoms with van der Waals surface area (Å²) in [5, 5.41) is 13.4. The molecule has 1 aliphatic heterocycles. The lowest BCUT2D eigenvalue weighted by Gasteiger charge is -2.39. The number of halogens is 2. The Morgan fingerprint density at radius 2 is 1.70 bits per heavy atom. The van der Waals surface area contributed by atoms with Crippen LogP contribution in [0.3, 0.4) is 0 Å². The van der Waals surface area contributed by atoms with E-state index in [0.29, 0.717) is 41.7 Å². The van der Waals surface area contributed by atoms with E-state index in [4.69, 9.17) is 23.2 Å². The van der Waals surface area contributed by atoms with Crippen molar-refractivity contribution in [3.8, 4) is 0 Å². The zero-order chi connectivity index (χ0) is 19.4. The molecule has 27 heavy (non-hydrogen) atoms. The summed E-state index contributed by atoms with van der Waals surface area (Å²) >= 11 is 11.8. The number of carbonyl (C=O) groups is 2. The van der Waals surface area contributed by atoms with Crippen LogP contribution >= 0.6 is 23.2 Å². The van der Waals surface area contributed by atoms with E-state index >= 15 is 0 Å². The second-order valence-corrected chi connectivity index (χ2v) is 7.52. The van der Waals surface area contributed by atoms with Gasteiger partial charge < -0.3 is 10.4 Å². The van der Waals surface area contributed by atoms with Gasteiger partial charge in [0.2, 0.25) is 5.91 Å². The van der Waals surface area contributed by atoms with Gasteiger partial charge in [0.15, 0.2) is 0 Å². The molecule has 1 fully saturated rings. The first kappa shape index (κ1) is 19.7. The van der Waals surface area contributed by atoms with E-state index in [1.807, 2.05) is 35.2 Å². The molecule has 0 unspecified atom stereocenters. The standard InChI is InChI=1S/C20H20Cl2N2O3/c21-16-7-6-15(12-17(16)22)23-18(25)13-24-10-8-20(9-11-24,19(26)27)14-4-2-1-3-5-14/h1-7,12H,8-11,13H2,(H,23,25)(H,26,27). The first-order chi connectivity index (χ1) is 12.9. The highest BCUT2D eigenvalue weighted by molar-refractivity contribution is 6.42. The summed E-state index contributed by atoms with van der Waals surface area (Å²) in [6.45, 7) is 1.27. The fraction of sp³-hybridized carbons (Fsp3) is 0.300. The van der Waals surface area contributed by atoms with Gasteiger partial charge in [0.1, 0.15) is 0 Å². The van der Waals surface area contributed by atoms with Crippen LogP contribution < -0.4 is 5.32 Å². The molecule has 0 bridgehead atoms. The van der Waals surface area contributed by atoms with Crippen molar-refractivity contribution in [3.63, 3.8) is 0 Å². The van der Waals surface area contributed by atoms with Crippen LogP contribution in [0.1, 0.15) is 18.4 Å². The van der Waals surface area contributed by atoms with Crippen molar-refractivity contribution in [2.45, 2.75) is 18.3 Å². The maximum absolute atomic E-state index is 12.3. The SMILES string of the molecule is O=C(CN1CCC(C(=O)O)(c2ccccc2)CC1)Nc1ccc(Cl)c(Cl)c1. The predicted molar refractivity (Wildman–Crippen MR) is 107 cm³/mol. The van der Waals surface area contributed by atoms with Gasteiger partial charge in [-0.1, -0.05) is 53.5 Å². The highest BCUT2D eigenvalue weighted by Crippen LogP contribution is 2.35. The van der Waals surface area contributed by atoms with Crippen molar-refractivity contribution in [1.29, 1.82) is 0 Å². The number of carboxylic acids is 1. The van der Waals surface area contributed by atoms with E-state index in [1.165, 1.54) is 0 Å². The van der Waals surface area contributed by atoms with E-state index in [0.717, 1.165) is 5.56 Å². The van der Waals surface area contributed by atoms with Gasteiger partial charge >= 0.3 is 5.97 Å². The molecule has 1 saturated heterocycles. The molecule has 7 heteroatoms. The van der Waals surface area contributed by atoms with Crippen LogP contribution in [0.5, 0.6) is 0 Å². The highest BCUT2D eigenvalue weighted by Gasteiger charge is 2.43. The topological polar surface area (TPSA) is 69.6 Å². The minimum Gasteiger partial charge on any atom is -0.481 e. The Bertz CT molecular complexity index is 834. The van der Waals surface area contributed by atoms with E-state index in [9.17, 15) is 14.7 Å². The summed E-state index contributed by atoms with van der Waals surface area (Å²) < 4.78 is 0. The van der Waals surface area contributed by atoms with Crippen molar-refractivity contribution in [2.75, 3.05) is 25.0 Å². The number of piperidine rings is 1. The van der Waals surface area contributed by atoms with Crippen LogP contribution in [0.2, 0.25) is 10.0 Å². The molecule has 0 aromatic heterocycles. The second kappa shape index (κ2) is 8.30. The number of hydrogen-bond donors (Lipinski definition) is 2. The van der Waals surface area contributed by atoms with Gasteiger partial charge in [-0.3, -0.25) is 14.5 Å². The minimum atomic E-state index is -0.891. The number of rotatable bonds is 5. The fourth-order valence-electron chi connectivity index (χ4n) is 3.45. The number of aliphatic carboxylic acids is 1. The van der Waals surface area contributed by atoms with Crippen LogP contribution in [-0.2, 0) is 15.0 Å². The number of amides is 1. The Labute approximate surface area is 167 Å². The van der Waals surface area contributed by atoms with E-state index < -0.39 is 11.4 Å². The van der Waals surface area contributed by atoms with Gasteiger partial charge in [0.05, 0.1) is 22.0 Å². The number of likely N-dealkylation sites (tertiary alicyclic amines) is 1. The van der Waals surface area contributed by atoms with E-state index in [2.05, 4.69) is 5.32 Å². The number of nitrogens with zero attached hydrogens (tertiary/aromatic N) is 1. The Morgan fingerprint density at radius 3 is 2.30 bits per heavy atom. The quantitative estimate of drug-likeness (QED) is 0.785. The lowest BCUT2D eigenvalue weighted by Crippen LogP contribution is -2.49. The molecule has 142 valence electrons. The van der Waals surface area contributed by atoms with Crippen LogP contribution in [0, 0.1) is 0 Å². The molecule has 0 atom stereocenters. The monoisotopic (exact) mass is 406 g/mol. The molecule has 0 radical (unpaired) electrons. The van der Waals surface area contributed by atoms with Gasteiger partial charge in [0, 0.05) is 18.8 Å². The maximum atomic E-state index is 12.3. The van der Waals surface area contributed by atoms with Gasteiger partial charge in [-0.15, -0.1) is 0 Å². The summed E-state index contributed by atoms with van der Waals surface area (Å²) in [4.78, 5) is 26.3. The third-order valence-corrected chi connectivity index (χ3v) is 5.75. The van der Waals surface area contributed by atoms with E-state index in [-0.39, 0.29) is 12.5 Å². The largest absolute Gasteiger partial charge is 0.481 e. The fourth-order valence-corrected chi connectivity index (χ4v) is 3.75. The van der Waals surface area contributed by atoms with Crippen molar-refractivity contribution >= 4 is 40.8 Å². The molecule has 2 aromatic carbocycles. The molecular formula is C20H20Cl2N2O3. The van der Waals surface area contributed by atoms with Crippen molar-refractivity contribution in [3.05, 3.63) is 64.1 Å². The Hall–Kier alpha value is -2.08. The summed E-state index contributed by atoms with van der Waals surface area (Å²) in [6.07, 6.45) is 0.929. The lowest BCUT2D eigenvalue weighted by atomic mass is 9.73. The number of anilines is 1. The molecule has 1 heterocycles. The van der Waals surface area contributed by atoms with Crippen molar-refractivity contribution in [2.24, 2.45) is 0 Å². The smallest absolute Gasteiger partial charge is 0.314 e. The van der Waals surface area contributed by atoms with Crippen LogP contribution in [0.15, 0.2) is 48.5 Å². The van der Waals surface area contributed by atoms with Crippen molar-refractivity contribution < 1.29 is 14.7 Å². The maximum Gasteiger partial charge on any atom is 0.314 e. The summed E-state index contributed by atoms with van der Waals surface area (Å²) in [5.74, 6) is -0.982. The lowest BCUT2D eigenvalue weighted by molar-refractivity contribution is -0.146. The Balaban J connectivity index is 1.60. The summed E-state index contributed by atoms with van der Waals surface area (Å²) in [7, 11) is 0. The van der Waals surface area contributed by atoms with Crippen LogP contribution in [-0.4, -0.2) is 41.5 Å². The minimum absolute atomic E-state index is 0.170. The Morgan fingerprint density at radius 1 is 1.04 bits per heavy atom. The van der Waals surface area contributed by atoms with Crippen LogP contribution in [0.4, 0.5) is 5.69 Å². The van der Waals surface area contributed by atoms with Crippen molar-refractivity contribution in [1.82, 2.24) is 4.90 Å². The average molecular weight is 407 g/mol. The van der Waals surface area contributed by atoms with Gasteiger partial charge in [0.25, 0.3) is 0 Å². The number of hydrogen-bond acceptors (Lipinski definition) is 3. The normalized spacial score (nSPS) is 16.7. The number of carboxylic acid groups (broad SMARTS) is 1. The summed E-state index contributed by atoms with van der Waals surface area (Å²) in [5.41, 5.74) is 0.505. The third-order valence-electron chi connectivity index (χ3n) is 5.02.